The van der Waals surface area contributed by atoms with Crippen LogP contribution < -0.4 is 5.32 Å². The Morgan fingerprint density at radius 3 is 2.71 bits per heavy atom. The van der Waals surface area contributed by atoms with Gasteiger partial charge in [0.1, 0.15) is 6.61 Å². The maximum Gasteiger partial charge on any atom is 0.417 e. The third-order valence-corrected chi connectivity index (χ3v) is 8.88. The average molecular weight is 609 g/mol. The van der Waals surface area contributed by atoms with Crippen LogP contribution in [0.25, 0.3) is 0 Å². The molecule has 1 aliphatic carbocycles. The Labute approximate surface area is 238 Å². The number of methoxy groups -OCH3 is 1. The summed E-state index contributed by atoms with van der Waals surface area (Å²) < 4.78 is 93.7. The number of alkyl halides is 6. The number of ether oxygens (including phenoxy) is 3. The van der Waals surface area contributed by atoms with Crippen molar-refractivity contribution in [3.8, 4) is 0 Å². The first-order valence-corrected chi connectivity index (χ1v) is 14.0. The van der Waals surface area contributed by atoms with E-state index in [1.165, 1.54) is 9.80 Å². The molecule has 2 amide bonds. The lowest BCUT2D eigenvalue weighted by Gasteiger charge is -2.37. The molecule has 0 radical (unpaired) electrons. The van der Waals surface area contributed by atoms with Gasteiger partial charge in [0.05, 0.1) is 30.1 Å². The van der Waals surface area contributed by atoms with Crippen molar-refractivity contribution in [2.45, 2.75) is 69.2 Å². The van der Waals surface area contributed by atoms with E-state index in [1.54, 1.807) is 7.11 Å². The van der Waals surface area contributed by atoms with Crippen molar-refractivity contribution in [1.29, 1.82) is 0 Å². The zero-order valence-corrected chi connectivity index (χ0v) is 23.1. The number of rotatable bonds is 6. The van der Waals surface area contributed by atoms with Gasteiger partial charge in [-0.25, -0.2) is 4.79 Å². The van der Waals surface area contributed by atoms with Crippen LogP contribution in [0, 0.1) is 11.3 Å². The van der Waals surface area contributed by atoms with Crippen LogP contribution in [0.4, 0.5) is 31.1 Å². The van der Waals surface area contributed by atoms with Gasteiger partial charge in [0, 0.05) is 70.3 Å². The van der Waals surface area contributed by atoms with E-state index in [-0.39, 0.29) is 62.6 Å². The van der Waals surface area contributed by atoms with Crippen LogP contribution in [0.2, 0.25) is 0 Å². The minimum atomic E-state index is -4.58. The number of halogens is 6. The Morgan fingerprint density at radius 2 is 2.00 bits per heavy atom. The summed E-state index contributed by atoms with van der Waals surface area (Å²) in [5, 5.41) is 3.59. The molecule has 2 saturated heterocycles. The highest BCUT2D eigenvalue weighted by Gasteiger charge is 2.60. The summed E-state index contributed by atoms with van der Waals surface area (Å²) in [7, 11) is 1.60. The van der Waals surface area contributed by atoms with Crippen molar-refractivity contribution in [2.75, 3.05) is 46.6 Å². The van der Waals surface area contributed by atoms with Crippen LogP contribution in [0.1, 0.15) is 42.5 Å². The summed E-state index contributed by atoms with van der Waals surface area (Å²) >= 11 is 0. The number of likely N-dealkylation sites (tertiary alicyclic amines) is 1. The molecule has 4 heterocycles. The number of aromatic nitrogens is 1. The molecule has 42 heavy (non-hydrogen) atoms. The van der Waals surface area contributed by atoms with Gasteiger partial charge in [0.15, 0.2) is 0 Å². The zero-order chi connectivity index (χ0) is 30.3. The maximum atomic E-state index is 14.3. The van der Waals surface area contributed by atoms with Crippen LogP contribution in [-0.4, -0.2) is 97.7 Å². The smallest absolute Gasteiger partial charge is 0.417 e. The van der Waals surface area contributed by atoms with E-state index >= 15 is 0 Å². The van der Waals surface area contributed by atoms with Crippen molar-refractivity contribution in [2.24, 2.45) is 11.3 Å². The second-order valence-electron chi connectivity index (χ2n) is 11.6. The summed E-state index contributed by atoms with van der Waals surface area (Å²) in [6, 6.07) is 0.890. The normalized spacial score (nSPS) is 29.8. The number of nitrogens with zero attached hydrogens (tertiary/aromatic N) is 3. The van der Waals surface area contributed by atoms with E-state index in [0.29, 0.717) is 43.7 Å². The van der Waals surface area contributed by atoms with Gasteiger partial charge in [-0.1, -0.05) is 0 Å². The first kappa shape index (κ1) is 30.8. The van der Waals surface area contributed by atoms with Crippen molar-refractivity contribution < 1.29 is 50.1 Å². The Morgan fingerprint density at radius 1 is 1.21 bits per heavy atom. The fraction of sp³-hybridized carbons (Fsp3) is 0.741. The fourth-order valence-electron chi connectivity index (χ4n) is 6.82. The molecule has 9 nitrogen and oxygen atoms in total. The average Bonchev–Trinajstić information content (AvgIpc) is 3.46. The molecule has 5 atom stereocenters. The van der Waals surface area contributed by atoms with Crippen molar-refractivity contribution in [3.63, 3.8) is 0 Å². The van der Waals surface area contributed by atoms with E-state index < -0.39 is 42.5 Å². The largest absolute Gasteiger partial charge is 0.449 e. The summed E-state index contributed by atoms with van der Waals surface area (Å²) in [6.07, 6.45) is -8.79. The number of hydrogen-bond acceptors (Lipinski definition) is 7. The van der Waals surface area contributed by atoms with Gasteiger partial charge in [-0.3, -0.25) is 9.78 Å². The molecule has 15 heteroatoms. The van der Waals surface area contributed by atoms with Crippen LogP contribution >= 0.6 is 0 Å². The molecule has 1 N–H and O–H groups in total. The van der Waals surface area contributed by atoms with Gasteiger partial charge in [0.2, 0.25) is 5.91 Å². The fourth-order valence-corrected chi connectivity index (χ4v) is 6.82. The van der Waals surface area contributed by atoms with Crippen LogP contribution in [0.5, 0.6) is 0 Å². The lowest BCUT2D eigenvalue weighted by molar-refractivity contribution is -0.143. The van der Waals surface area contributed by atoms with E-state index in [4.69, 9.17) is 14.2 Å². The Kier molecular flexibility index (Phi) is 8.65. The summed E-state index contributed by atoms with van der Waals surface area (Å²) in [5.41, 5.74) is -1.15. The summed E-state index contributed by atoms with van der Waals surface area (Å²) in [6.45, 7) is 0.418. The molecule has 3 aliphatic heterocycles. The van der Waals surface area contributed by atoms with Crippen molar-refractivity contribution in [3.05, 3.63) is 29.1 Å². The molecule has 1 aromatic rings. The molecule has 4 aliphatic rings. The Hall–Kier alpha value is -2.65. The number of carbonyl (C=O) groups excluding carboxylic acids is 2. The van der Waals surface area contributed by atoms with Gasteiger partial charge < -0.3 is 29.3 Å². The van der Waals surface area contributed by atoms with Gasteiger partial charge in [-0.15, -0.1) is 0 Å². The Bertz CT molecular complexity index is 1170. The molecule has 0 bridgehead atoms. The second-order valence-corrected chi connectivity index (χ2v) is 11.6. The number of amides is 2. The molecule has 5 unspecified atom stereocenters. The van der Waals surface area contributed by atoms with E-state index in [1.807, 2.05) is 0 Å². The number of carbonyl (C=O) groups is 2. The third kappa shape index (κ3) is 6.47. The zero-order valence-electron chi connectivity index (χ0n) is 23.1. The predicted octanol–water partition coefficient (Wildman–Crippen LogP) is 3.55. The van der Waals surface area contributed by atoms with Crippen LogP contribution in [0.3, 0.4) is 0 Å². The second kappa shape index (κ2) is 11.8. The molecule has 1 saturated carbocycles. The lowest BCUT2D eigenvalue weighted by Crippen LogP contribution is -2.52. The molecule has 0 aromatic carbocycles. The Balaban J connectivity index is 1.34. The first-order valence-electron chi connectivity index (χ1n) is 14.0. The number of fused-ring (bicyclic) bond motifs is 2. The first-order chi connectivity index (χ1) is 19.8. The van der Waals surface area contributed by atoms with Gasteiger partial charge in [-0.05, 0) is 36.8 Å². The van der Waals surface area contributed by atoms with Gasteiger partial charge >= 0.3 is 18.4 Å². The minimum absolute atomic E-state index is 0.0168. The highest BCUT2D eigenvalue weighted by atomic mass is 19.4. The topological polar surface area (TPSA) is 93.2 Å². The van der Waals surface area contributed by atoms with E-state index in [2.05, 4.69) is 10.3 Å². The van der Waals surface area contributed by atoms with Crippen LogP contribution in [0.15, 0.2) is 12.3 Å². The monoisotopic (exact) mass is 608 g/mol. The summed E-state index contributed by atoms with van der Waals surface area (Å²) in [4.78, 5) is 33.8. The molecule has 5 rings (SSSR count). The predicted molar refractivity (Wildman–Crippen MR) is 134 cm³/mol. The third-order valence-electron chi connectivity index (χ3n) is 8.88. The quantitative estimate of drug-likeness (QED) is 0.494. The number of pyridine rings is 1. The summed E-state index contributed by atoms with van der Waals surface area (Å²) in [5.74, 6) is -0.611. The standard InChI is InChI=1S/C27H34F6N4O5/c1-40-22-14-41-6-3-21(22)35-19-9-18-13-37(24(39)42-7-4-26(28,29)30)15-25(18,10-19)23(38)36-5-2-20-16(12-36)8-17(11-34-20)27(31,32)33/h8,11,18-19,21-22,35H,2-7,9-10,12-15H2,1H3. The molecule has 3 fully saturated rings. The molecular formula is C27H34F6N4O5. The van der Waals surface area contributed by atoms with E-state index in [0.717, 1.165) is 12.3 Å². The van der Waals surface area contributed by atoms with Crippen LogP contribution in [-0.2, 0) is 38.1 Å². The molecule has 1 aromatic heterocycles. The molecule has 0 spiro atoms. The van der Waals surface area contributed by atoms with E-state index in [9.17, 15) is 35.9 Å². The van der Waals surface area contributed by atoms with Gasteiger partial charge in [0.25, 0.3) is 0 Å². The maximum absolute atomic E-state index is 14.3. The highest BCUT2D eigenvalue weighted by molar-refractivity contribution is 5.86. The van der Waals surface area contributed by atoms with Gasteiger partial charge in [-0.2, -0.15) is 26.3 Å². The highest BCUT2D eigenvalue weighted by Crippen LogP contribution is 2.51. The molecule has 234 valence electrons. The number of nitrogens with one attached hydrogen (secondary N) is 1. The van der Waals surface area contributed by atoms with Crippen molar-refractivity contribution in [1.82, 2.24) is 20.1 Å². The lowest BCUT2D eigenvalue weighted by atomic mass is 9.78. The SMILES string of the molecule is COC1COCCC1NC1CC2CN(C(=O)OCCC(F)(F)F)CC2(C(=O)N2CCc3ncc(C(F)(F)F)cc3C2)C1. The van der Waals surface area contributed by atoms with Crippen molar-refractivity contribution >= 4 is 12.0 Å². The number of hydrogen-bond donors (Lipinski definition) is 1. The minimum Gasteiger partial charge on any atom is -0.449 e. The molecular weight excluding hydrogens is 574 g/mol.